The molecule has 0 aliphatic heterocycles. The van der Waals surface area contributed by atoms with Crippen LogP contribution in [0.15, 0.2) is 29.2 Å². The molecule has 0 aliphatic carbocycles. The van der Waals surface area contributed by atoms with Gasteiger partial charge in [0.1, 0.15) is 6.54 Å². The zero-order chi connectivity index (χ0) is 15.6. The molecule has 20 heavy (non-hydrogen) atoms. The van der Waals surface area contributed by atoms with E-state index in [9.17, 15) is 21.6 Å². The van der Waals surface area contributed by atoms with Gasteiger partial charge in [0.05, 0.1) is 4.90 Å². The first-order chi connectivity index (χ1) is 9.08. The smallest absolute Gasteiger partial charge is 0.324 e. The fourth-order valence-electron chi connectivity index (χ4n) is 1.67. The lowest BCUT2D eigenvalue weighted by Crippen LogP contribution is -2.38. The van der Waals surface area contributed by atoms with Crippen LogP contribution in [0, 0.1) is 0 Å². The Labute approximate surface area is 116 Å². The Morgan fingerprint density at radius 3 is 2.40 bits per heavy atom. The molecule has 0 radical (unpaired) electrons. The van der Waals surface area contributed by atoms with Gasteiger partial charge in [-0.2, -0.15) is 17.5 Å². The normalized spacial score (nSPS) is 14.6. The SMILES string of the molecule is CCN(CC(F)(F)F)S(=O)(=O)c1cccc(C(C)N)c1. The first-order valence-corrected chi connectivity index (χ1v) is 7.44. The third-order valence-electron chi connectivity index (χ3n) is 2.73. The minimum absolute atomic E-state index is 0.182. The summed E-state index contributed by atoms with van der Waals surface area (Å²) in [5.41, 5.74) is 6.20. The van der Waals surface area contributed by atoms with Gasteiger partial charge >= 0.3 is 6.18 Å². The maximum atomic E-state index is 12.4. The summed E-state index contributed by atoms with van der Waals surface area (Å²) in [6.45, 7) is 1.26. The van der Waals surface area contributed by atoms with E-state index in [-0.39, 0.29) is 11.4 Å². The molecular weight excluding hydrogens is 293 g/mol. The van der Waals surface area contributed by atoms with Crippen LogP contribution in [-0.2, 0) is 10.0 Å². The predicted octanol–water partition coefficient (Wildman–Crippen LogP) is 2.28. The zero-order valence-electron chi connectivity index (χ0n) is 11.2. The summed E-state index contributed by atoms with van der Waals surface area (Å²) in [6, 6.07) is 5.26. The van der Waals surface area contributed by atoms with E-state index < -0.39 is 28.8 Å². The van der Waals surface area contributed by atoms with Crippen molar-refractivity contribution in [2.45, 2.75) is 31.0 Å². The van der Waals surface area contributed by atoms with Crippen LogP contribution < -0.4 is 5.73 Å². The van der Waals surface area contributed by atoms with Crippen LogP contribution in [-0.4, -0.2) is 32.0 Å². The topological polar surface area (TPSA) is 63.4 Å². The van der Waals surface area contributed by atoms with Gasteiger partial charge in [-0.15, -0.1) is 0 Å². The molecule has 1 aromatic rings. The third-order valence-corrected chi connectivity index (χ3v) is 4.65. The van der Waals surface area contributed by atoms with Crippen LogP contribution >= 0.6 is 0 Å². The Morgan fingerprint density at radius 1 is 1.35 bits per heavy atom. The van der Waals surface area contributed by atoms with Gasteiger partial charge in [-0.3, -0.25) is 0 Å². The molecule has 1 unspecified atom stereocenters. The number of nitrogens with two attached hydrogens (primary N) is 1. The average Bonchev–Trinajstić information content (AvgIpc) is 2.34. The molecule has 0 amide bonds. The monoisotopic (exact) mass is 310 g/mol. The summed E-state index contributed by atoms with van der Waals surface area (Å²) >= 11 is 0. The van der Waals surface area contributed by atoms with Crippen LogP contribution in [0.5, 0.6) is 0 Å². The Hall–Kier alpha value is -1.12. The maximum Gasteiger partial charge on any atom is 0.402 e. The lowest BCUT2D eigenvalue weighted by molar-refractivity contribution is -0.135. The van der Waals surface area contributed by atoms with E-state index >= 15 is 0 Å². The number of nitrogens with zero attached hydrogens (tertiary/aromatic N) is 1. The summed E-state index contributed by atoms with van der Waals surface area (Å²) in [4.78, 5) is -0.182. The first kappa shape index (κ1) is 16.9. The third kappa shape index (κ3) is 4.19. The second kappa shape index (κ2) is 6.11. The molecule has 0 fully saturated rings. The quantitative estimate of drug-likeness (QED) is 0.907. The number of hydrogen-bond acceptors (Lipinski definition) is 3. The van der Waals surface area contributed by atoms with Crippen molar-refractivity contribution in [2.24, 2.45) is 5.73 Å². The van der Waals surface area contributed by atoms with Gasteiger partial charge < -0.3 is 5.73 Å². The van der Waals surface area contributed by atoms with Crippen molar-refractivity contribution in [1.29, 1.82) is 0 Å². The Morgan fingerprint density at radius 2 is 1.95 bits per heavy atom. The highest BCUT2D eigenvalue weighted by Gasteiger charge is 2.36. The Bertz CT molecular complexity index is 556. The molecule has 1 rings (SSSR count). The lowest BCUT2D eigenvalue weighted by Gasteiger charge is -2.22. The molecule has 0 heterocycles. The maximum absolute atomic E-state index is 12.4. The van der Waals surface area contributed by atoms with Crippen LogP contribution in [0.3, 0.4) is 0 Å². The first-order valence-electron chi connectivity index (χ1n) is 6.00. The standard InChI is InChI=1S/C12H17F3N2O2S/c1-3-17(8-12(13,14)15)20(18,19)11-6-4-5-10(7-11)9(2)16/h4-7,9H,3,8,16H2,1-2H3. The molecule has 8 heteroatoms. The molecule has 4 nitrogen and oxygen atoms in total. The molecule has 1 atom stereocenters. The number of halogens is 3. The number of rotatable bonds is 5. The number of benzene rings is 1. The fourth-order valence-corrected chi connectivity index (χ4v) is 3.16. The number of hydrogen-bond donors (Lipinski definition) is 1. The lowest BCUT2D eigenvalue weighted by atomic mass is 10.1. The van der Waals surface area contributed by atoms with Crippen LogP contribution in [0.25, 0.3) is 0 Å². The highest BCUT2D eigenvalue weighted by Crippen LogP contribution is 2.24. The van der Waals surface area contributed by atoms with Crippen molar-refractivity contribution in [1.82, 2.24) is 4.31 Å². The van der Waals surface area contributed by atoms with Crippen molar-refractivity contribution in [3.63, 3.8) is 0 Å². The van der Waals surface area contributed by atoms with Gasteiger partial charge in [0, 0.05) is 12.6 Å². The van der Waals surface area contributed by atoms with Gasteiger partial charge in [0.15, 0.2) is 0 Å². The van der Waals surface area contributed by atoms with E-state index in [1.807, 2.05) is 0 Å². The highest BCUT2D eigenvalue weighted by atomic mass is 32.2. The molecule has 1 aromatic carbocycles. The van der Waals surface area contributed by atoms with Crippen LogP contribution in [0.1, 0.15) is 25.5 Å². The Kier molecular flexibility index (Phi) is 5.17. The molecule has 0 saturated heterocycles. The molecule has 0 bridgehead atoms. The summed E-state index contributed by atoms with van der Waals surface area (Å²) in [6.07, 6.45) is -4.58. The molecule has 0 aromatic heterocycles. The number of sulfonamides is 1. The zero-order valence-corrected chi connectivity index (χ0v) is 12.0. The number of alkyl halides is 3. The molecule has 0 saturated carbocycles. The van der Waals surface area contributed by atoms with Gasteiger partial charge in [-0.1, -0.05) is 19.1 Å². The largest absolute Gasteiger partial charge is 0.402 e. The minimum atomic E-state index is -4.58. The second-order valence-corrected chi connectivity index (χ2v) is 6.35. The summed E-state index contributed by atoms with van der Waals surface area (Å²) in [5.74, 6) is 0. The highest BCUT2D eigenvalue weighted by molar-refractivity contribution is 7.89. The van der Waals surface area contributed by atoms with Crippen molar-refractivity contribution >= 4 is 10.0 Å². The fraction of sp³-hybridized carbons (Fsp3) is 0.500. The summed E-state index contributed by atoms with van der Waals surface area (Å²) in [7, 11) is -4.18. The average molecular weight is 310 g/mol. The molecule has 114 valence electrons. The van der Waals surface area contributed by atoms with E-state index in [1.54, 1.807) is 13.0 Å². The minimum Gasteiger partial charge on any atom is -0.324 e. The van der Waals surface area contributed by atoms with Crippen LogP contribution in [0.4, 0.5) is 13.2 Å². The van der Waals surface area contributed by atoms with E-state index in [4.69, 9.17) is 5.73 Å². The van der Waals surface area contributed by atoms with Gasteiger partial charge in [-0.25, -0.2) is 8.42 Å². The van der Waals surface area contributed by atoms with Gasteiger partial charge in [-0.05, 0) is 24.6 Å². The van der Waals surface area contributed by atoms with Crippen LogP contribution in [0.2, 0.25) is 0 Å². The van der Waals surface area contributed by atoms with Gasteiger partial charge in [0.25, 0.3) is 0 Å². The molecule has 0 aliphatic rings. The molecule has 2 N–H and O–H groups in total. The van der Waals surface area contributed by atoms with E-state index in [1.165, 1.54) is 25.1 Å². The summed E-state index contributed by atoms with van der Waals surface area (Å²) in [5, 5.41) is 0. The molecular formula is C12H17F3N2O2S. The summed E-state index contributed by atoms with van der Waals surface area (Å²) < 4.78 is 62.1. The molecule has 0 spiro atoms. The predicted molar refractivity (Wildman–Crippen MR) is 69.5 cm³/mol. The van der Waals surface area contributed by atoms with Crippen molar-refractivity contribution in [3.05, 3.63) is 29.8 Å². The van der Waals surface area contributed by atoms with E-state index in [2.05, 4.69) is 0 Å². The van der Waals surface area contributed by atoms with Crippen molar-refractivity contribution in [3.8, 4) is 0 Å². The van der Waals surface area contributed by atoms with Crippen molar-refractivity contribution in [2.75, 3.05) is 13.1 Å². The Balaban J connectivity index is 3.17. The van der Waals surface area contributed by atoms with E-state index in [0.29, 0.717) is 9.87 Å². The van der Waals surface area contributed by atoms with Crippen molar-refractivity contribution < 1.29 is 21.6 Å². The van der Waals surface area contributed by atoms with E-state index in [0.717, 1.165) is 0 Å². The van der Waals surface area contributed by atoms with Gasteiger partial charge in [0.2, 0.25) is 10.0 Å². The second-order valence-electron chi connectivity index (χ2n) is 4.41.